The van der Waals surface area contributed by atoms with Gasteiger partial charge in [0.2, 0.25) is 0 Å². The van der Waals surface area contributed by atoms with E-state index >= 15 is 0 Å². The first kappa shape index (κ1) is 16.2. The van der Waals surface area contributed by atoms with E-state index in [9.17, 15) is 9.59 Å². The van der Waals surface area contributed by atoms with E-state index in [1.54, 1.807) is 17.0 Å². The fourth-order valence-electron chi connectivity index (χ4n) is 3.17. The lowest BCUT2D eigenvalue weighted by molar-refractivity contribution is 0.0737. The van der Waals surface area contributed by atoms with Crippen molar-refractivity contribution in [2.45, 2.75) is 19.4 Å². The van der Waals surface area contributed by atoms with Gasteiger partial charge >= 0.3 is 0 Å². The molecule has 1 aliphatic heterocycles. The lowest BCUT2D eigenvalue weighted by Gasteiger charge is -2.20. The van der Waals surface area contributed by atoms with Gasteiger partial charge in [-0.05, 0) is 37.9 Å². The fraction of sp³-hybridized carbons (Fsp3) is 0.353. The standard InChI is InChI=1S/C17H21N5O2/c1-11-7-12(9-18)10-21(11)17(24)14-8-15(16(19)23)22(20-14)13-5-3-2-4-6-13/h2-6,8,11-12H,7,9-10,18H2,1H3,(H2,19,23). The largest absolute Gasteiger partial charge is 0.364 e. The summed E-state index contributed by atoms with van der Waals surface area (Å²) in [5.74, 6) is -0.522. The van der Waals surface area contributed by atoms with Crippen LogP contribution >= 0.6 is 0 Å². The highest BCUT2D eigenvalue weighted by atomic mass is 16.2. The van der Waals surface area contributed by atoms with Crippen LogP contribution in [0, 0.1) is 5.92 Å². The summed E-state index contributed by atoms with van der Waals surface area (Å²) in [6, 6.07) is 10.7. The molecule has 3 rings (SSSR count). The Bertz CT molecular complexity index is 756. The molecule has 7 heteroatoms. The summed E-state index contributed by atoms with van der Waals surface area (Å²) < 4.78 is 1.41. The van der Waals surface area contributed by atoms with Crippen LogP contribution in [-0.2, 0) is 0 Å². The molecule has 1 aliphatic rings. The van der Waals surface area contributed by atoms with Crippen molar-refractivity contribution in [3.63, 3.8) is 0 Å². The third-order valence-electron chi connectivity index (χ3n) is 4.44. The van der Waals surface area contributed by atoms with Crippen LogP contribution in [0.5, 0.6) is 0 Å². The molecule has 4 N–H and O–H groups in total. The van der Waals surface area contributed by atoms with Crippen LogP contribution in [0.3, 0.4) is 0 Å². The molecular formula is C17H21N5O2. The zero-order valence-electron chi connectivity index (χ0n) is 13.6. The number of nitrogens with zero attached hydrogens (tertiary/aromatic N) is 3. The second kappa shape index (κ2) is 6.45. The van der Waals surface area contributed by atoms with Crippen molar-refractivity contribution >= 4 is 11.8 Å². The number of benzene rings is 1. The number of rotatable bonds is 4. The maximum atomic E-state index is 12.8. The summed E-state index contributed by atoms with van der Waals surface area (Å²) in [7, 11) is 0. The van der Waals surface area contributed by atoms with Gasteiger partial charge < -0.3 is 16.4 Å². The second-order valence-electron chi connectivity index (χ2n) is 6.17. The molecule has 0 aliphatic carbocycles. The van der Waals surface area contributed by atoms with E-state index in [4.69, 9.17) is 11.5 Å². The number of para-hydroxylation sites is 1. The highest BCUT2D eigenvalue weighted by Crippen LogP contribution is 2.24. The number of primary amides is 1. The zero-order valence-corrected chi connectivity index (χ0v) is 13.6. The zero-order chi connectivity index (χ0) is 17.3. The highest BCUT2D eigenvalue weighted by molar-refractivity contribution is 5.97. The molecule has 2 heterocycles. The van der Waals surface area contributed by atoms with Crippen LogP contribution < -0.4 is 11.5 Å². The molecule has 1 fully saturated rings. The molecule has 2 atom stereocenters. The molecule has 24 heavy (non-hydrogen) atoms. The molecule has 0 radical (unpaired) electrons. The highest BCUT2D eigenvalue weighted by Gasteiger charge is 2.33. The van der Waals surface area contributed by atoms with Gasteiger partial charge in [-0.2, -0.15) is 5.10 Å². The Balaban J connectivity index is 1.95. The Morgan fingerprint density at radius 3 is 2.58 bits per heavy atom. The first-order chi connectivity index (χ1) is 11.5. The average Bonchev–Trinajstić information content (AvgIpc) is 3.19. The van der Waals surface area contributed by atoms with E-state index in [-0.39, 0.29) is 23.3 Å². The molecular weight excluding hydrogens is 306 g/mol. The first-order valence-corrected chi connectivity index (χ1v) is 7.97. The number of hydrogen-bond donors (Lipinski definition) is 2. The smallest absolute Gasteiger partial charge is 0.274 e. The maximum Gasteiger partial charge on any atom is 0.274 e. The Hall–Kier alpha value is -2.67. The van der Waals surface area contributed by atoms with Gasteiger partial charge in [-0.3, -0.25) is 9.59 Å². The third-order valence-corrected chi connectivity index (χ3v) is 4.44. The Kier molecular flexibility index (Phi) is 4.35. The third kappa shape index (κ3) is 2.90. The van der Waals surface area contributed by atoms with E-state index in [1.807, 2.05) is 25.1 Å². The monoisotopic (exact) mass is 327 g/mol. The summed E-state index contributed by atoms with van der Waals surface area (Å²) in [6.45, 7) is 3.16. The summed E-state index contributed by atoms with van der Waals surface area (Å²) in [5.41, 5.74) is 12.3. The van der Waals surface area contributed by atoms with Crippen molar-refractivity contribution in [3.8, 4) is 5.69 Å². The number of nitrogens with two attached hydrogens (primary N) is 2. The SMILES string of the molecule is CC1CC(CN)CN1C(=O)c1cc(C(N)=O)n(-c2ccccc2)n1. The van der Waals surface area contributed by atoms with E-state index in [0.29, 0.717) is 24.7 Å². The minimum absolute atomic E-state index is 0.102. The topological polar surface area (TPSA) is 107 Å². The number of carbonyl (C=O) groups is 2. The van der Waals surface area contributed by atoms with Crippen LogP contribution in [0.4, 0.5) is 0 Å². The van der Waals surface area contributed by atoms with E-state index in [0.717, 1.165) is 6.42 Å². The summed E-state index contributed by atoms with van der Waals surface area (Å²) in [5, 5.41) is 4.32. The van der Waals surface area contributed by atoms with Crippen molar-refractivity contribution in [1.29, 1.82) is 0 Å². The lowest BCUT2D eigenvalue weighted by atomic mass is 10.1. The van der Waals surface area contributed by atoms with Gasteiger partial charge in [-0.25, -0.2) is 4.68 Å². The Labute approximate surface area is 140 Å². The molecule has 2 amide bonds. The van der Waals surface area contributed by atoms with E-state index < -0.39 is 5.91 Å². The van der Waals surface area contributed by atoms with Gasteiger partial charge in [-0.15, -0.1) is 0 Å². The van der Waals surface area contributed by atoms with Gasteiger partial charge in [-0.1, -0.05) is 18.2 Å². The number of likely N-dealkylation sites (tertiary alicyclic amines) is 1. The molecule has 7 nitrogen and oxygen atoms in total. The van der Waals surface area contributed by atoms with Crippen LogP contribution in [0.1, 0.15) is 34.3 Å². The molecule has 1 aromatic heterocycles. The van der Waals surface area contributed by atoms with Crippen LogP contribution in [0.2, 0.25) is 0 Å². The molecule has 0 saturated carbocycles. The normalized spacial score (nSPS) is 20.3. The number of hydrogen-bond acceptors (Lipinski definition) is 4. The van der Waals surface area contributed by atoms with Crippen molar-refractivity contribution in [2.24, 2.45) is 17.4 Å². The summed E-state index contributed by atoms with van der Waals surface area (Å²) in [6.07, 6.45) is 0.879. The fourth-order valence-corrected chi connectivity index (χ4v) is 3.17. The minimum atomic E-state index is -0.625. The van der Waals surface area contributed by atoms with Gasteiger partial charge in [0.05, 0.1) is 5.69 Å². The molecule has 2 aromatic rings. The van der Waals surface area contributed by atoms with Gasteiger partial charge in [0, 0.05) is 18.7 Å². The van der Waals surface area contributed by atoms with Crippen LogP contribution in [0.15, 0.2) is 36.4 Å². The molecule has 2 unspecified atom stereocenters. The predicted octanol–water partition coefficient (Wildman–Crippen LogP) is 0.781. The quantitative estimate of drug-likeness (QED) is 0.865. The van der Waals surface area contributed by atoms with E-state index in [1.165, 1.54) is 10.7 Å². The summed E-state index contributed by atoms with van der Waals surface area (Å²) >= 11 is 0. The van der Waals surface area contributed by atoms with Crippen molar-refractivity contribution in [2.75, 3.05) is 13.1 Å². The first-order valence-electron chi connectivity index (χ1n) is 7.97. The van der Waals surface area contributed by atoms with Crippen molar-refractivity contribution in [3.05, 3.63) is 47.8 Å². The minimum Gasteiger partial charge on any atom is -0.364 e. The number of aromatic nitrogens is 2. The maximum absolute atomic E-state index is 12.8. The van der Waals surface area contributed by atoms with Crippen molar-refractivity contribution < 1.29 is 9.59 Å². The molecule has 126 valence electrons. The Morgan fingerprint density at radius 1 is 1.29 bits per heavy atom. The molecule has 1 saturated heterocycles. The van der Waals surface area contributed by atoms with E-state index in [2.05, 4.69) is 5.10 Å². The van der Waals surface area contributed by atoms with Crippen LogP contribution in [-0.4, -0.2) is 45.6 Å². The predicted molar refractivity (Wildman–Crippen MR) is 89.7 cm³/mol. The van der Waals surface area contributed by atoms with Crippen LogP contribution in [0.25, 0.3) is 5.69 Å². The average molecular weight is 327 g/mol. The second-order valence-corrected chi connectivity index (χ2v) is 6.17. The van der Waals surface area contributed by atoms with Gasteiger partial charge in [0.1, 0.15) is 5.69 Å². The Morgan fingerprint density at radius 2 is 2.00 bits per heavy atom. The molecule has 1 aromatic carbocycles. The molecule has 0 spiro atoms. The van der Waals surface area contributed by atoms with Gasteiger partial charge in [0.25, 0.3) is 11.8 Å². The van der Waals surface area contributed by atoms with Gasteiger partial charge in [0.15, 0.2) is 5.69 Å². The number of amides is 2. The van der Waals surface area contributed by atoms with Crippen molar-refractivity contribution in [1.82, 2.24) is 14.7 Å². The number of carbonyl (C=O) groups excluding carboxylic acids is 2. The lowest BCUT2D eigenvalue weighted by Crippen LogP contribution is -2.34. The molecule has 0 bridgehead atoms. The summed E-state index contributed by atoms with van der Waals surface area (Å²) in [4.78, 5) is 26.3.